The van der Waals surface area contributed by atoms with Gasteiger partial charge in [-0.1, -0.05) is 0 Å². The lowest BCUT2D eigenvalue weighted by Crippen LogP contribution is -2.23. The van der Waals surface area contributed by atoms with E-state index in [2.05, 4.69) is 14.0 Å². The first-order chi connectivity index (χ1) is 6.10. The minimum absolute atomic E-state index is 0.226. The maximum Gasteiger partial charge on any atom is 0.834 e. The molecule has 0 aromatic rings. The van der Waals surface area contributed by atoms with Crippen molar-refractivity contribution in [2.45, 2.75) is 6.42 Å². The highest BCUT2D eigenvalue weighted by molar-refractivity contribution is 6.40. The molecule has 0 amide bonds. The Morgan fingerprint density at radius 3 is 2.54 bits per heavy atom. The van der Waals surface area contributed by atoms with E-state index in [1.807, 2.05) is 0 Å². The molecular weight excluding hydrogens is 186 g/mol. The van der Waals surface area contributed by atoms with Gasteiger partial charge in [0.05, 0.1) is 7.11 Å². The summed E-state index contributed by atoms with van der Waals surface area (Å²) >= 11 is 0. The molecule has 0 unspecified atom stereocenters. The van der Waals surface area contributed by atoms with E-state index in [4.69, 9.17) is 0 Å². The lowest BCUT2D eigenvalue weighted by Gasteiger charge is -2.02. The Morgan fingerprint density at radius 1 is 1.46 bits per heavy atom. The smallest absolute Gasteiger partial charge is 0.472 e. The van der Waals surface area contributed by atoms with Crippen LogP contribution in [0.3, 0.4) is 0 Å². The fourth-order valence-corrected chi connectivity index (χ4v) is 0.406. The number of hydrogen-bond donors (Lipinski definition) is 0. The Balaban J connectivity index is 3.73. The molecule has 0 rings (SSSR count). The highest BCUT2D eigenvalue weighted by Crippen LogP contribution is 1.94. The first-order valence-electron chi connectivity index (χ1n) is 3.09. The molecule has 0 saturated heterocycles. The monoisotopic (exact) mass is 192 g/mol. The van der Waals surface area contributed by atoms with E-state index in [9.17, 15) is 18.7 Å². The average molecular weight is 192 g/mol. The molecule has 0 saturated carbocycles. The summed E-state index contributed by atoms with van der Waals surface area (Å²) in [6, 6.07) is 0. The van der Waals surface area contributed by atoms with Crippen molar-refractivity contribution >= 4 is 25.8 Å². The van der Waals surface area contributed by atoms with Gasteiger partial charge in [0.2, 0.25) is 0 Å². The van der Waals surface area contributed by atoms with Gasteiger partial charge in [-0.05, 0) is 0 Å². The standard InChI is InChI=1S/C5H6BFO6/c1-11-4(9)2-5(10)13-6(7)12-3-8/h3H,2H2,1H3. The summed E-state index contributed by atoms with van der Waals surface area (Å²) in [4.78, 5) is 30.5. The predicted octanol–water partition coefficient (Wildman–Crippen LogP) is -0.780. The van der Waals surface area contributed by atoms with Crippen LogP contribution in [0.2, 0.25) is 0 Å². The first-order valence-corrected chi connectivity index (χ1v) is 3.09. The van der Waals surface area contributed by atoms with Gasteiger partial charge in [-0.3, -0.25) is 14.4 Å². The van der Waals surface area contributed by atoms with Crippen molar-refractivity contribution in [1.82, 2.24) is 0 Å². The number of halogens is 1. The van der Waals surface area contributed by atoms with Crippen LogP contribution >= 0.6 is 0 Å². The fourth-order valence-electron chi connectivity index (χ4n) is 0.406. The maximum absolute atomic E-state index is 12.2. The summed E-state index contributed by atoms with van der Waals surface area (Å²) in [5.74, 6) is -2.05. The van der Waals surface area contributed by atoms with Gasteiger partial charge in [-0.2, -0.15) is 0 Å². The van der Waals surface area contributed by atoms with Gasteiger partial charge in [0.15, 0.2) is 0 Å². The number of hydrogen-bond acceptors (Lipinski definition) is 6. The molecule has 0 bridgehead atoms. The minimum Gasteiger partial charge on any atom is -0.472 e. The summed E-state index contributed by atoms with van der Waals surface area (Å²) in [6.07, 6.45) is -0.737. The molecule has 0 aliphatic rings. The molecule has 0 N–H and O–H groups in total. The second-order valence-corrected chi connectivity index (χ2v) is 1.75. The fraction of sp³-hybridized carbons (Fsp3) is 0.400. The Bertz CT molecular complexity index is 207. The molecule has 13 heavy (non-hydrogen) atoms. The van der Waals surface area contributed by atoms with Crippen LogP contribution in [0.1, 0.15) is 6.42 Å². The number of carbonyl (C=O) groups is 3. The summed E-state index contributed by atoms with van der Waals surface area (Å²) in [7, 11) is -1.43. The highest BCUT2D eigenvalue weighted by Gasteiger charge is 2.27. The summed E-state index contributed by atoms with van der Waals surface area (Å²) in [5.41, 5.74) is 0. The molecule has 0 heterocycles. The molecule has 6 nitrogen and oxygen atoms in total. The van der Waals surface area contributed by atoms with Crippen LogP contribution < -0.4 is 0 Å². The topological polar surface area (TPSA) is 78.9 Å². The maximum atomic E-state index is 12.2. The molecule has 8 heteroatoms. The molecule has 0 aliphatic heterocycles. The zero-order valence-electron chi connectivity index (χ0n) is 6.69. The van der Waals surface area contributed by atoms with Crippen LogP contribution in [0.5, 0.6) is 0 Å². The molecule has 0 fully saturated rings. The largest absolute Gasteiger partial charge is 0.834 e. The van der Waals surface area contributed by atoms with Gasteiger partial charge >= 0.3 is 19.3 Å². The second kappa shape index (κ2) is 5.98. The lowest BCUT2D eigenvalue weighted by atomic mass is 10.3. The normalized spacial score (nSPS) is 8.46. The third-order valence-corrected chi connectivity index (χ3v) is 0.903. The number of ether oxygens (including phenoxy) is 1. The molecule has 0 atom stereocenters. The van der Waals surface area contributed by atoms with Gasteiger partial charge in [-0.25, -0.2) is 4.32 Å². The molecule has 72 valence electrons. The third kappa shape index (κ3) is 5.65. The van der Waals surface area contributed by atoms with E-state index in [0.29, 0.717) is 0 Å². The van der Waals surface area contributed by atoms with Crippen molar-refractivity contribution in [3.05, 3.63) is 0 Å². The Labute approximate surface area is 73.1 Å². The van der Waals surface area contributed by atoms with Crippen molar-refractivity contribution < 1.29 is 32.7 Å². The number of methoxy groups -OCH3 is 1. The predicted molar refractivity (Wildman–Crippen MR) is 36.7 cm³/mol. The Kier molecular flexibility index (Phi) is 5.25. The van der Waals surface area contributed by atoms with Crippen LogP contribution in [0.4, 0.5) is 4.32 Å². The summed E-state index contributed by atoms with van der Waals surface area (Å²) < 4.78 is 23.6. The number of esters is 1. The SMILES string of the molecule is COC(=O)CC(=O)OB(F)OC=O. The second-order valence-electron chi connectivity index (χ2n) is 1.75. The van der Waals surface area contributed by atoms with Crippen molar-refractivity contribution in [2.24, 2.45) is 0 Å². The quantitative estimate of drug-likeness (QED) is 0.246. The number of carbonyl (C=O) groups excluding carboxylic acids is 3. The van der Waals surface area contributed by atoms with Crippen molar-refractivity contribution in [3.8, 4) is 0 Å². The zero-order valence-corrected chi connectivity index (χ0v) is 6.69. The van der Waals surface area contributed by atoms with Gasteiger partial charge < -0.3 is 14.0 Å². The van der Waals surface area contributed by atoms with E-state index in [1.54, 1.807) is 0 Å². The van der Waals surface area contributed by atoms with Gasteiger partial charge in [0, 0.05) is 0 Å². The molecule has 0 spiro atoms. The van der Waals surface area contributed by atoms with Crippen molar-refractivity contribution in [1.29, 1.82) is 0 Å². The van der Waals surface area contributed by atoms with Gasteiger partial charge in [-0.15, -0.1) is 0 Å². The first kappa shape index (κ1) is 11.4. The minimum atomic E-state index is -2.49. The molecule has 0 radical (unpaired) electrons. The van der Waals surface area contributed by atoms with Crippen LogP contribution in [-0.4, -0.2) is 32.9 Å². The van der Waals surface area contributed by atoms with Gasteiger partial charge in [0.1, 0.15) is 6.42 Å². The van der Waals surface area contributed by atoms with E-state index in [-0.39, 0.29) is 6.47 Å². The van der Waals surface area contributed by atoms with Crippen molar-refractivity contribution in [3.63, 3.8) is 0 Å². The highest BCUT2D eigenvalue weighted by atomic mass is 19.1. The summed E-state index contributed by atoms with van der Waals surface area (Å²) in [5, 5.41) is 0. The van der Waals surface area contributed by atoms with E-state index in [0.717, 1.165) is 7.11 Å². The summed E-state index contributed by atoms with van der Waals surface area (Å²) in [6.45, 7) is -0.226. The van der Waals surface area contributed by atoms with E-state index in [1.165, 1.54) is 0 Å². The Hall–Kier alpha value is -1.60. The molecule has 0 aromatic heterocycles. The van der Waals surface area contributed by atoms with E-state index < -0.39 is 25.8 Å². The van der Waals surface area contributed by atoms with Crippen LogP contribution in [0, 0.1) is 0 Å². The van der Waals surface area contributed by atoms with Gasteiger partial charge in [0.25, 0.3) is 6.47 Å². The third-order valence-electron chi connectivity index (χ3n) is 0.903. The zero-order chi connectivity index (χ0) is 10.3. The average Bonchev–Trinajstić information content (AvgIpc) is 2.04. The lowest BCUT2D eigenvalue weighted by molar-refractivity contribution is -0.149. The van der Waals surface area contributed by atoms with Crippen LogP contribution in [-0.2, 0) is 28.4 Å². The molecule has 0 aromatic carbocycles. The Morgan fingerprint density at radius 2 is 2.08 bits per heavy atom. The molecule has 0 aliphatic carbocycles. The molecular formula is C5H6BFO6. The van der Waals surface area contributed by atoms with Crippen LogP contribution in [0.15, 0.2) is 0 Å². The van der Waals surface area contributed by atoms with Crippen molar-refractivity contribution in [2.75, 3.05) is 7.11 Å². The number of rotatable bonds is 5. The van der Waals surface area contributed by atoms with Crippen LogP contribution in [0.25, 0.3) is 0 Å². The van der Waals surface area contributed by atoms with E-state index >= 15 is 0 Å².